The smallest absolute Gasteiger partial charge is 0.0257 e. The van der Waals surface area contributed by atoms with E-state index in [0.29, 0.717) is 0 Å². The summed E-state index contributed by atoms with van der Waals surface area (Å²) in [5, 5.41) is 0. The van der Waals surface area contributed by atoms with Crippen molar-refractivity contribution in [1.29, 1.82) is 0 Å². The molecule has 0 saturated heterocycles. The van der Waals surface area contributed by atoms with Crippen molar-refractivity contribution in [2.45, 2.75) is 19.3 Å². The molecule has 0 unspecified atom stereocenters. The summed E-state index contributed by atoms with van der Waals surface area (Å²) >= 11 is 0. The van der Waals surface area contributed by atoms with E-state index in [9.17, 15) is 0 Å². The molecule has 56 valence electrons. The monoisotopic (exact) mass is 144 g/mol. The third kappa shape index (κ3) is 1.51. The van der Waals surface area contributed by atoms with Crippen molar-refractivity contribution in [3.8, 4) is 0 Å². The van der Waals surface area contributed by atoms with Crippen molar-refractivity contribution in [2.75, 3.05) is 0 Å². The van der Waals surface area contributed by atoms with Crippen molar-refractivity contribution in [3.63, 3.8) is 0 Å². The number of rotatable bonds is 1. The lowest BCUT2D eigenvalue weighted by atomic mass is 9.91. The maximum Gasteiger partial charge on any atom is -0.0257 e. The Labute approximate surface area is 67.6 Å². The van der Waals surface area contributed by atoms with Crippen molar-refractivity contribution < 1.29 is 0 Å². The Morgan fingerprint density at radius 3 is 2.27 bits per heavy atom. The third-order valence-corrected chi connectivity index (χ3v) is 2.17. The fraction of sp³-hybridized carbons (Fsp3) is 0.273. The van der Waals surface area contributed by atoms with Gasteiger partial charge in [0.2, 0.25) is 0 Å². The number of benzene rings is 1. The van der Waals surface area contributed by atoms with Gasteiger partial charge in [0.1, 0.15) is 0 Å². The van der Waals surface area contributed by atoms with Crippen LogP contribution in [0, 0.1) is 0 Å². The van der Waals surface area contributed by atoms with Gasteiger partial charge in [-0.15, -0.1) is 0 Å². The number of hydrogen-bond acceptors (Lipinski definition) is 0. The largest absolute Gasteiger partial charge is 0.0696 e. The lowest BCUT2D eigenvalue weighted by Gasteiger charge is -2.15. The molecule has 1 aliphatic rings. The highest BCUT2D eigenvalue weighted by Crippen LogP contribution is 2.27. The highest BCUT2D eigenvalue weighted by molar-refractivity contribution is 5.53. The molecule has 0 aliphatic heterocycles. The van der Waals surface area contributed by atoms with E-state index in [1.54, 1.807) is 5.57 Å². The van der Waals surface area contributed by atoms with E-state index in [-0.39, 0.29) is 0 Å². The highest BCUT2D eigenvalue weighted by atomic mass is 14.1. The minimum absolute atomic E-state index is 1.31. The first-order valence-electron chi connectivity index (χ1n) is 4.20. The lowest BCUT2D eigenvalue weighted by molar-refractivity contribution is 0.670. The van der Waals surface area contributed by atoms with Gasteiger partial charge in [0, 0.05) is 0 Å². The topological polar surface area (TPSA) is 0 Å². The van der Waals surface area contributed by atoms with Crippen molar-refractivity contribution in [2.24, 2.45) is 0 Å². The Kier molecular flexibility index (Phi) is 1.76. The van der Waals surface area contributed by atoms with E-state index in [1.807, 2.05) is 0 Å². The summed E-state index contributed by atoms with van der Waals surface area (Å²) in [6, 6.07) is 10.6. The van der Waals surface area contributed by atoms with Gasteiger partial charge in [-0.1, -0.05) is 42.0 Å². The summed E-state index contributed by atoms with van der Waals surface area (Å²) in [5.41, 5.74) is 2.96. The predicted octanol–water partition coefficient (Wildman–Crippen LogP) is 3.25. The molecule has 0 aromatic heterocycles. The number of hydrogen-bond donors (Lipinski definition) is 0. The van der Waals surface area contributed by atoms with Crippen LogP contribution < -0.4 is 0 Å². The van der Waals surface area contributed by atoms with Gasteiger partial charge in [0.05, 0.1) is 0 Å². The third-order valence-electron chi connectivity index (χ3n) is 2.17. The summed E-state index contributed by atoms with van der Waals surface area (Å²) in [4.78, 5) is 0. The van der Waals surface area contributed by atoms with E-state index in [2.05, 4.69) is 36.4 Å². The van der Waals surface area contributed by atoms with Gasteiger partial charge in [0.25, 0.3) is 0 Å². The molecule has 0 spiro atoms. The van der Waals surface area contributed by atoms with Gasteiger partial charge >= 0.3 is 0 Å². The van der Waals surface area contributed by atoms with Gasteiger partial charge in [-0.2, -0.15) is 0 Å². The average Bonchev–Trinajstić information content (AvgIpc) is 1.99. The highest BCUT2D eigenvalue weighted by Gasteiger charge is 2.06. The molecule has 1 aromatic carbocycles. The van der Waals surface area contributed by atoms with Gasteiger partial charge in [0.15, 0.2) is 0 Å². The normalized spacial score (nSPS) is 15.8. The van der Waals surface area contributed by atoms with Crippen LogP contribution in [0.25, 0.3) is 6.08 Å². The first-order chi connectivity index (χ1) is 5.45. The Bertz CT molecular complexity index is 251. The molecular formula is C11H12. The van der Waals surface area contributed by atoms with Gasteiger partial charge in [-0.3, -0.25) is 0 Å². The lowest BCUT2D eigenvalue weighted by Crippen LogP contribution is -1.95. The molecule has 1 fully saturated rings. The first kappa shape index (κ1) is 6.66. The SMILES string of the molecule is C(=C1CCC1)c1ccccc1. The molecule has 1 saturated carbocycles. The summed E-state index contributed by atoms with van der Waals surface area (Å²) < 4.78 is 0. The van der Waals surface area contributed by atoms with E-state index in [0.717, 1.165) is 0 Å². The summed E-state index contributed by atoms with van der Waals surface area (Å²) in [7, 11) is 0. The summed E-state index contributed by atoms with van der Waals surface area (Å²) in [5.74, 6) is 0. The fourth-order valence-electron chi connectivity index (χ4n) is 1.31. The fourth-order valence-corrected chi connectivity index (χ4v) is 1.31. The zero-order chi connectivity index (χ0) is 7.52. The van der Waals surface area contributed by atoms with Crippen LogP contribution in [0.1, 0.15) is 24.8 Å². The predicted molar refractivity (Wildman–Crippen MR) is 48.3 cm³/mol. The second-order valence-electron chi connectivity index (χ2n) is 3.07. The average molecular weight is 144 g/mol. The summed E-state index contributed by atoms with van der Waals surface area (Å²) in [6.45, 7) is 0. The van der Waals surface area contributed by atoms with Gasteiger partial charge < -0.3 is 0 Å². The molecule has 1 aromatic rings. The molecule has 0 nitrogen and oxygen atoms in total. The molecule has 0 heterocycles. The molecule has 0 heteroatoms. The number of allylic oxidation sites excluding steroid dienone is 1. The molecule has 0 N–H and O–H groups in total. The van der Waals surface area contributed by atoms with Crippen molar-refractivity contribution >= 4 is 6.08 Å². The first-order valence-corrected chi connectivity index (χ1v) is 4.20. The van der Waals surface area contributed by atoms with Crippen molar-refractivity contribution in [3.05, 3.63) is 41.5 Å². The van der Waals surface area contributed by atoms with Gasteiger partial charge in [-0.05, 0) is 24.8 Å². The standard InChI is InChI=1S/C11H12/c1-2-5-10(6-3-1)9-11-7-4-8-11/h1-3,5-6,9H,4,7-8H2. The molecule has 0 atom stereocenters. The second kappa shape index (κ2) is 2.91. The Morgan fingerprint density at radius 1 is 1.00 bits per heavy atom. The van der Waals surface area contributed by atoms with E-state index in [4.69, 9.17) is 0 Å². The van der Waals surface area contributed by atoms with Crippen LogP contribution in [0.2, 0.25) is 0 Å². The molecule has 0 amide bonds. The summed E-state index contributed by atoms with van der Waals surface area (Å²) in [6.07, 6.45) is 6.33. The maximum atomic E-state index is 2.31. The minimum atomic E-state index is 1.31. The minimum Gasteiger partial charge on any atom is -0.0696 e. The molecule has 0 bridgehead atoms. The van der Waals surface area contributed by atoms with E-state index >= 15 is 0 Å². The molecule has 0 radical (unpaired) electrons. The van der Waals surface area contributed by atoms with Crippen molar-refractivity contribution in [1.82, 2.24) is 0 Å². The zero-order valence-electron chi connectivity index (χ0n) is 6.59. The molecule has 11 heavy (non-hydrogen) atoms. The quantitative estimate of drug-likeness (QED) is 0.567. The molecule has 2 rings (SSSR count). The van der Waals surface area contributed by atoms with Crippen LogP contribution >= 0.6 is 0 Å². The molecular weight excluding hydrogens is 132 g/mol. The Balaban J connectivity index is 2.17. The van der Waals surface area contributed by atoms with Crippen LogP contribution in [-0.2, 0) is 0 Å². The van der Waals surface area contributed by atoms with Crippen LogP contribution in [0.4, 0.5) is 0 Å². The Morgan fingerprint density at radius 2 is 1.73 bits per heavy atom. The van der Waals surface area contributed by atoms with Crippen LogP contribution in [-0.4, -0.2) is 0 Å². The molecule has 1 aliphatic carbocycles. The maximum absolute atomic E-state index is 2.31. The van der Waals surface area contributed by atoms with Crippen LogP contribution in [0.15, 0.2) is 35.9 Å². The zero-order valence-corrected chi connectivity index (χ0v) is 6.59. The van der Waals surface area contributed by atoms with E-state index < -0.39 is 0 Å². The van der Waals surface area contributed by atoms with E-state index in [1.165, 1.54) is 24.8 Å². The van der Waals surface area contributed by atoms with Gasteiger partial charge in [-0.25, -0.2) is 0 Å². The second-order valence-corrected chi connectivity index (χ2v) is 3.07. The van der Waals surface area contributed by atoms with Crippen LogP contribution in [0.3, 0.4) is 0 Å². The Hall–Kier alpha value is -1.04. The van der Waals surface area contributed by atoms with Crippen LogP contribution in [0.5, 0.6) is 0 Å².